The summed E-state index contributed by atoms with van der Waals surface area (Å²) in [5, 5.41) is 2.92. The van der Waals surface area contributed by atoms with E-state index in [0.29, 0.717) is 17.1 Å². The molecule has 0 bridgehead atoms. The first kappa shape index (κ1) is 19.6. The number of anilines is 3. The monoisotopic (exact) mass is 499 g/mol. The highest BCUT2D eigenvalue weighted by Crippen LogP contribution is 2.27. The zero-order chi connectivity index (χ0) is 20.1. The first-order valence-corrected chi connectivity index (χ1v) is 10.8. The van der Waals surface area contributed by atoms with Crippen molar-refractivity contribution in [1.82, 2.24) is 9.97 Å². The molecular formula is C22H22IN5O. The molecule has 0 unspecified atom stereocenters. The highest BCUT2D eigenvalue weighted by molar-refractivity contribution is 14.1. The van der Waals surface area contributed by atoms with E-state index in [0.717, 1.165) is 30.0 Å². The minimum absolute atomic E-state index is 0.181. The zero-order valence-corrected chi connectivity index (χ0v) is 18.1. The van der Waals surface area contributed by atoms with Crippen molar-refractivity contribution >= 4 is 45.8 Å². The first-order valence-electron chi connectivity index (χ1n) is 9.69. The Labute approximate surface area is 184 Å². The molecule has 1 saturated heterocycles. The summed E-state index contributed by atoms with van der Waals surface area (Å²) >= 11 is 2.05. The summed E-state index contributed by atoms with van der Waals surface area (Å²) in [7, 11) is 0. The number of hydrogen-bond donors (Lipinski definition) is 2. The third-order valence-corrected chi connectivity index (χ3v) is 5.59. The van der Waals surface area contributed by atoms with Crippen molar-refractivity contribution in [2.45, 2.75) is 19.3 Å². The van der Waals surface area contributed by atoms with E-state index >= 15 is 0 Å². The smallest absolute Gasteiger partial charge is 0.257 e. The molecule has 0 saturated carbocycles. The van der Waals surface area contributed by atoms with Gasteiger partial charge >= 0.3 is 0 Å². The molecule has 1 aromatic heterocycles. The molecule has 7 heteroatoms. The molecule has 1 aliphatic heterocycles. The minimum atomic E-state index is -0.181. The largest absolute Gasteiger partial charge is 0.372 e. The summed E-state index contributed by atoms with van der Waals surface area (Å²) in [6, 6.07) is 15.7. The number of piperidine rings is 1. The third-order valence-electron chi connectivity index (χ3n) is 5.01. The molecule has 2 N–H and O–H groups in total. The minimum Gasteiger partial charge on any atom is -0.372 e. The fourth-order valence-electron chi connectivity index (χ4n) is 3.48. The van der Waals surface area contributed by atoms with Crippen molar-refractivity contribution in [1.29, 1.82) is 0 Å². The summed E-state index contributed by atoms with van der Waals surface area (Å²) in [4.78, 5) is 24.1. The van der Waals surface area contributed by atoms with Crippen LogP contribution in [0.5, 0.6) is 0 Å². The topological polar surface area (TPSA) is 70.2 Å². The van der Waals surface area contributed by atoms with Gasteiger partial charge in [-0.2, -0.15) is 0 Å². The number of nitrogens with zero attached hydrogens (tertiary/aromatic N) is 3. The molecule has 0 aliphatic carbocycles. The molecule has 6 nitrogen and oxygen atoms in total. The maximum Gasteiger partial charge on any atom is 0.257 e. The molecule has 29 heavy (non-hydrogen) atoms. The average molecular weight is 499 g/mol. The van der Waals surface area contributed by atoms with Crippen molar-refractivity contribution < 1.29 is 4.79 Å². The van der Waals surface area contributed by atoms with E-state index < -0.39 is 0 Å². The molecule has 0 atom stereocenters. The molecule has 1 fully saturated rings. The highest BCUT2D eigenvalue weighted by atomic mass is 127. The lowest BCUT2D eigenvalue weighted by atomic mass is 10.1. The molecule has 1 amide bonds. The lowest BCUT2D eigenvalue weighted by Gasteiger charge is -2.29. The Bertz CT molecular complexity index is 972. The summed E-state index contributed by atoms with van der Waals surface area (Å²) < 4.78 is 3.08. The molecule has 3 aromatic rings. The van der Waals surface area contributed by atoms with Gasteiger partial charge < -0.3 is 13.7 Å². The van der Waals surface area contributed by atoms with Gasteiger partial charge in [0.15, 0.2) is 5.82 Å². The number of carbonyl (C=O) groups is 1. The van der Waals surface area contributed by atoms with Gasteiger partial charge in [0.1, 0.15) is 0 Å². The van der Waals surface area contributed by atoms with Crippen molar-refractivity contribution in [3.63, 3.8) is 0 Å². The van der Waals surface area contributed by atoms with Crippen molar-refractivity contribution in [3.05, 3.63) is 66.5 Å². The molecular weight excluding hydrogens is 477 g/mol. The quantitative estimate of drug-likeness (QED) is 0.376. The van der Waals surface area contributed by atoms with Gasteiger partial charge in [-0.1, -0.05) is 30.3 Å². The van der Waals surface area contributed by atoms with E-state index in [-0.39, 0.29) is 5.91 Å². The third kappa shape index (κ3) is 4.67. The fourth-order valence-corrected chi connectivity index (χ4v) is 3.95. The van der Waals surface area contributed by atoms with Crippen LogP contribution in [0, 0.1) is 0 Å². The second-order valence-corrected chi connectivity index (χ2v) is 7.53. The standard InChI is InChI=1S/C22H22IN5O/c23-27-20-10-9-18(28-11-5-2-6-12-28)13-19(20)22(29)26-17-14-24-21(25-15-17)16-7-3-1-4-8-16/h1,3-4,7-10,13-15,27H,2,5-6,11-12H2,(H,26,29). The lowest BCUT2D eigenvalue weighted by molar-refractivity contribution is 0.102. The number of halogens is 1. The number of benzene rings is 2. The van der Waals surface area contributed by atoms with Crippen LogP contribution in [0.1, 0.15) is 29.6 Å². The Kier molecular flexibility index (Phi) is 6.24. The van der Waals surface area contributed by atoms with Crippen LogP contribution in [0.3, 0.4) is 0 Å². The maximum atomic E-state index is 13.0. The predicted octanol–water partition coefficient (Wildman–Crippen LogP) is 5.15. The molecule has 0 radical (unpaired) electrons. The van der Waals surface area contributed by atoms with Crippen LogP contribution in [-0.4, -0.2) is 29.0 Å². The van der Waals surface area contributed by atoms with Crippen molar-refractivity contribution in [2.75, 3.05) is 26.8 Å². The Morgan fingerprint density at radius 1 is 0.966 bits per heavy atom. The average Bonchev–Trinajstić information content (AvgIpc) is 2.80. The van der Waals surface area contributed by atoms with Crippen molar-refractivity contribution in [2.24, 2.45) is 0 Å². The van der Waals surface area contributed by atoms with Gasteiger partial charge in [-0.3, -0.25) is 4.79 Å². The van der Waals surface area contributed by atoms with E-state index in [1.807, 2.05) is 42.5 Å². The Hall–Kier alpha value is -2.68. The molecule has 0 spiro atoms. The number of nitrogens with one attached hydrogen (secondary N) is 2. The Morgan fingerprint density at radius 3 is 2.38 bits per heavy atom. The van der Waals surface area contributed by atoms with Crippen LogP contribution in [-0.2, 0) is 0 Å². The van der Waals surface area contributed by atoms with E-state index in [1.54, 1.807) is 12.4 Å². The molecule has 4 rings (SSSR count). The summed E-state index contributed by atoms with van der Waals surface area (Å²) in [6.45, 7) is 2.07. The predicted molar refractivity (Wildman–Crippen MR) is 126 cm³/mol. The molecule has 2 heterocycles. The maximum absolute atomic E-state index is 13.0. The van der Waals surface area contributed by atoms with Crippen LogP contribution in [0.4, 0.5) is 17.1 Å². The normalized spacial score (nSPS) is 13.8. The van der Waals surface area contributed by atoms with Gasteiger partial charge in [0.25, 0.3) is 5.91 Å². The van der Waals surface area contributed by atoms with Crippen LogP contribution < -0.4 is 13.7 Å². The van der Waals surface area contributed by atoms with E-state index in [2.05, 4.69) is 52.6 Å². The summed E-state index contributed by atoms with van der Waals surface area (Å²) in [5.74, 6) is 0.449. The van der Waals surface area contributed by atoms with E-state index in [1.165, 1.54) is 19.3 Å². The molecule has 2 aromatic carbocycles. The number of rotatable bonds is 5. The fraction of sp³-hybridized carbons (Fsp3) is 0.227. The number of aromatic nitrogens is 2. The van der Waals surface area contributed by atoms with Crippen LogP contribution in [0.15, 0.2) is 60.9 Å². The van der Waals surface area contributed by atoms with Crippen LogP contribution >= 0.6 is 22.9 Å². The second-order valence-electron chi connectivity index (χ2n) is 6.99. The van der Waals surface area contributed by atoms with Crippen molar-refractivity contribution in [3.8, 4) is 11.4 Å². The van der Waals surface area contributed by atoms with Gasteiger partial charge in [-0.15, -0.1) is 0 Å². The van der Waals surface area contributed by atoms with Gasteiger partial charge in [0.2, 0.25) is 0 Å². The Balaban J connectivity index is 1.53. The molecule has 1 aliphatic rings. The van der Waals surface area contributed by atoms with Crippen LogP contribution in [0.25, 0.3) is 11.4 Å². The number of carbonyl (C=O) groups excluding carboxylic acids is 1. The lowest BCUT2D eigenvalue weighted by Crippen LogP contribution is -2.29. The van der Waals surface area contributed by atoms with E-state index in [4.69, 9.17) is 0 Å². The summed E-state index contributed by atoms with van der Waals surface area (Å²) in [5.41, 5.74) is 3.98. The van der Waals surface area contributed by atoms with Gasteiger partial charge in [-0.25, -0.2) is 9.97 Å². The zero-order valence-electron chi connectivity index (χ0n) is 15.9. The first-order chi connectivity index (χ1) is 14.2. The van der Waals surface area contributed by atoms with Gasteiger partial charge in [-0.05, 0) is 37.5 Å². The van der Waals surface area contributed by atoms with Crippen LogP contribution in [0.2, 0.25) is 0 Å². The Morgan fingerprint density at radius 2 is 1.69 bits per heavy atom. The molecule has 148 valence electrons. The SMILES string of the molecule is O=C(Nc1cnc(-c2ccccc2)nc1)c1cc(N2CCCCC2)ccc1NI. The van der Waals surface area contributed by atoms with E-state index in [9.17, 15) is 4.79 Å². The second kappa shape index (κ2) is 9.21. The summed E-state index contributed by atoms with van der Waals surface area (Å²) in [6.07, 6.45) is 6.94. The van der Waals surface area contributed by atoms with Gasteiger partial charge in [0.05, 0.1) is 52.2 Å². The number of amides is 1. The van der Waals surface area contributed by atoms with Gasteiger partial charge in [0, 0.05) is 24.3 Å². The highest BCUT2D eigenvalue weighted by Gasteiger charge is 2.17. The number of hydrogen-bond acceptors (Lipinski definition) is 5.